The highest BCUT2D eigenvalue weighted by molar-refractivity contribution is 7.99. The van der Waals surface area contributed by atoms with Crippen molar-refractivity contribution in [2.45, 2.75) is 18.4 Å². The molecule has 2 aromatic heterocycles. The minimum atomic E-state index is 1.03. The number of pyridine rings is 2. The number of hydrogen-bond donors (Lipinski definition) is 0. The molecule has 1 aromatic carbocycles. The number of aromatic nitrogens is 2. The van der Waals surface area contributed by atoms with Gasteiger partial charge in [-0.05, 0) is 42.0 Å². The van der Waals surface area contributed by atoms with Crippen molar-refractivity contribution < 1.29 is 0 Å². The minimum Gasteiger partial charge on any atom is -0.256 e. The number of fused-ring (bicyclic) bond motifs is 1. The average molecular weight is 280 g/mol. The maximum atomic E-state index is 4.52. The van der Waals surface area contributed by atoms with Crippen molar-refractivity contribution in [1.29, 1.82) is 0 Å². The fraction of sp³-hybridized carbons (Fsp3) is 0.176. The first-order valence-electron chi connectivity index (χ1n) is 6.81. The fourth-order valence-corrected chi connectivity index (χ4v) is 2.80. The zero-order valence-corrected chi connectivity index (χ0v) is 12.2. The van der Waals surface area contributed by atoms with Crippen LogP contribution in [0, 0.1) is 0 Å². The first-order chi connectivity index (χ1) is 9.86. The largest absolute Gasteiger partial charge is 0.256 e. The van der Waals surface area contributed by atoms with Gasteiger partial charge in [0.25, 0.3) is 0 Å². The highest BCUT2D eigenvalue weighted by atomic mass is 32.2. The molecule has 3 heteroatoms. The molecule has 0 aliphatic carbocycles. The Bertz CT molecular complexity index is 708. The van der Waals surface area contributed by atoms with Gasteiger partial charge in [-0.1, -0.05) is 25.1 Å². The second-order valence-corrected chi connectivity index (χ2v) is 5.76. The summed E-state index contributed by atoms with van der Waals surface area (Å²) in [5, 5.41) is 2.26. The molecule has 0 bridgehead atoms. The number of rotatable bonds is 4. The van der Waals surface area contributed by atoms with E-state index < -0.39 is 0 Å². The SMILES string of the molecule is CCCSc1ccc(-c2ccc3ncccc3c2)cn1. The summed E-state index contributed by atoms with van der Waals surface area (Å²) in [7, 11) is 0. The Morgan fingerprint density at radius 2 is 1.90 bits per heavy atom. The number of thioether (sulfide) groups is 1. The Labute approximate surface area is 123 Å². The zero-order chi connectivity index (χ0) is 13.8. The Hall–Kier alpha value is -1.87. The van der Waals surface area contributed by atoms with Gasteiger partial charge in [-0.15, -0.1) is 11.8 Å². The summed E-state index contributed by atoms with van der Waals surface area (Å²) in [5.41, 5.74) is 3.36. The molecule has 0 saturated heterocycles. The lowest BCUT2D eigenvalue weighted by molar-refractivity contribution is 1.08. The summed E-state index contributed by atoms with van der Waals surface area (Å²) in [6, 6.07) is 14.6. The third kappa shape index (κ3) is 2.83. The van der Waals surface area contributed by atoms with Crippen LogP contribution in [0.2, 0.25) is 0 Å². The lowest BCUT2D eigenvalue weighted by atomic mass is 10.1. The molecule has 2 nitrogen and oxygen atoms in total. The summed E-state index contributed by atoms with van der Waals surface area (Å²) in [6.07, 6.45) is 4.95. The van der Waals surface area contributed by atoms with Gasteiger partial charge in [0.15, 0.2) is 0 Å². The molecule has 0 amide bonds. The standard InChI is InChI=1S/C17H16N2S/c1-2-10-20-17-8-6-15(12-19-17)13-5-7-16-14(11-13)4-3-9-18-16/h3-9,11-12H,2,10H2,1H3. The Balaban J connectivity index is 1.90. The molecule has 0 spiro atoms. The summed E-state index contributed by atoms with van der Waals surface area (Å²) in [4.78, 5) is 8.86. The normalized spacial score (nSPS) is 10.8. The van der Waals surface area contributed by atoms with Crippen molar-refractivity contribution in [2.75, 3.05) is 5.75 Å². The Morgan fingerprint density at radius 3 is 2.70 bits per heavy atom. The van der Waals surface area contributed by atoms with E-state index in [9.17, 15) is 0 Å². The lowest BCUT2D eigenvalue weighted by Gasteiger charge is -2.05. The molecule has 0 saturated carbocycles. The van der Waals surface area contributed by atoms with Crippen molar-refractivity contribution in [3.63, 3.8) is 0 Å². The molecular weight excluding hydrogens is 264 g/mol. The Kier molecular flexibility index (Phi) is 3.97. The number of hydrogen-bond acceptors (Lipinski definition) is 3. The predicted octanol–water partition coefficient (Wildman–Crippen LogP) is 4.80. The Morgan fingerprint density at radius 1 is 1.00 bits per heavy atom. The van der Waals surface area contributed by atoms with Crippen molar-refractivity contribution in [3.8, 4) is 11.1 Å². The van der Waals surface area contributed by atoms with E-state index in [1.807, 2.05) is 18.5 Å². The molecule has 20 heavy (non-hydrogen) atoms. The molecule has 0 aliphatic rings. The monoisotopic (exact) mass is 280 g/mol. The van der Waals surface area contributed by atoms with Crippen molar-refractivity contribution in [1.82, 2.24) is 9.97 Å². The summed E-state index contributed by atoms with van der Waals surface area (Å²) in [6.45, 7) is 2.19. The van der Waals surface area contributed by atoms with Gasteiger partial charge in [-0.3, -0.25) is 4.98 Å². The van der Waals surface area contributed by atoms with E-state index in [2.05, 4.69) is 53.3 Å². The van der Waals surface area contributed by atoms with Crippen LogP contribution in [0.3, 0.4) is 0 Å². The molecule has 0 fully saturated rings. The quantitative estimate of drug-likeness (QED) is 0.642. The first kappa shape index (κ1) is 13.1. The second kappa shape index (κ2) is 6.06. The summed E-state index contributed by atoms with van der Waals surface area (Å²) < 4.78 is 0. The zero-order valence-electron chi connectivity index (χ0n) is 11.4. The first-order valence-corrected chi connectivity index (χ1v) is 7.79. The average Bonchev–Trinajstić information content (AvgIpc) is 2.53. The minimum absolute atomic E-state index is 1.03. The molecule has 0 unspecified atom stereocenters. The van der Waals surface area contributed by atoms with Gasteiger partial charge in [0.2, 0.25) is 0 Å². The van der Waals surface area contributed by atoms with Crippen LogP contribution in [-0.2, 0) is 0 Å². The third-order valence-corrected chi connectivity index (χ3v) is 4.28. The van der Waals surface area contributed by atoms with E-state index in [1.54, 1.807) is 11.8 Å². The maximum Gasteiger partial charge on any atom is 0.0960 e. The van der Waals surface area contributed by atoms with Gasteiger partial charge in [-0.25, -0.2) is 4.98 Å². The molecule has 2 heterocycles. The molecule has 3 rings (SSSR count). The van der Waals surface area contributed by atoms with Crippen molar-refractivity contribution in [2.24, 2.45) is 0 Å². The van der Waals surface area contributed by atoms with Gasteiger partial charge in [0.05, 0.1) is 10.5 Å². The van der Waals surface area contributed by atoms with Crippen LogP contribution in [0.25, 0.3) is 22.0 Å². The van der Waals surface area contributed by atoms with E-state index >= 15 is 0 Å². The molecule has 3 aromatic rings. The van der Waals surface area contributed by atoms with Gasteiger partial charge in [0.1, 0.15) is 0 Å². The molecule has 0 radical (unpaired) electrons. The smallest absolute Gasteiger partial charge is 0.0960 e. The van der Waals surface area contributed by atoms with Gasteiger partial charge < -0.3 is 0 Å². The predicted molar refractivity (Wildman–Crippen MR) is 86.0 cm³/mol. The second-order valence-electron chi connectivity index (χ2n) is 4.64. The van der Waals surface area contributed by atoms with Crippen LogP contribution in [-0.4, -0.2) is 15.7 Å². The van der Waals surface area contributed by atoms with Crippen LogP contribution in [0.1, 0.15) is 13.3 Å². The van der Waals surface area contributed by atoms with E-state index in [1.165, 1.54) is 12.0 Å². The highest BCUT2D eigenvalue weighted by Crippen LogP contribution is 2.25. The highest BCUT2D eigenvalue weighted by Gasteiger charge is 2.01. The summed E-state index contributed by atoms with van der Waals surface area (Å²) in [5.74, 6) is 1.12. The van der Waals surface area contributed by atoms with Gasteiger partial charge in [0, 0.05) is 23.3 Å². The lowest BCUT2D eigenvalue weighted by Crippen LogP contribution is -1.85. The molecule has 100 valence electrons. The molecule has 0 aliphatic heterocycles. The number of benzene rings is 1. The summed E-state index contributed by atoms with van der Waals surface area (Å²) >= 11 is 1.81. The van der Waals surface area contributed by atoms with Crippen LogP contribution >= 0.6 is 11.8 Å². The molecular formula is C17H16N2S. The maximum absolute atomic E-state index is 4.52. The molecule has 0 N–H and O–H groups in total. The third-order valence-electron chi connectivity index (χ3n) is 3.13. The van der Waals surface area contributed by atoms with Crippen LogP contribution < -0.4 is 0 Å². The van der Waals surface area contributed by atoms with E-state index in [0.29, 0.717) is 0 Å². The molecule has 0 atom stereocenters. The van der Waals surface area contributed by atoms with Gasteiger partial charge >= 0.3 is 0 Å². The van der Waals surface area contributed by atoms with Crippen molar-refractivity contribution >= 4 is 22.7 Å². The fourth-order valence-electron chi connectivity index (χ4n) is 2.10. The van der Waals surface area contributed by atoms with E-state index in [0.717, 1.165) is 27.2 Å². The van der Waals surface area contributed by atoms with Crippen LogP contribution in [0.5, 0.6) is 0 Å². The number of nitrogens with zero attached hydrogens (tertiary/aromatic N) is 2. The van der Waals surface area contributed by atoms with Gasteiger partial charge in [-0.2, -0.15) is 0 Å². The topological polar surface area (TPSA) is 25.8 Å². The van der Waals surface area contributed by atoms with E-state index in [-0.39, 0.29) is 0 Å². The van der Waals surface area contributed by atoms with Crippen LogP contribution in [0.4, 0.5) is 0 Å². The van der Waals surface area contributed by atoms with E-state index in [4.69, 9.17) is 0 Å². The van der Waals surface area contributed by atoms with Crippen LogP contribution in [0.15, 0.2) is 59.9 Å². The van der Waals surface area contributed by atoms with Crippen molar-refractivity contribution in [3.05, 3.63) is 54.9 Å².